The Labute approximate surface area is 298 Å². The van der Waals surface area contributed by atoms with E-state index in [-0.39, 0.29) is 25.2 Å². The third-order valence-corrected chi connectivity index (χ3v) is 9.16. The SMILES string of the molecule is CCCCCCCC/C=C/CCCCCCCCCC(=O)OCC(O)COC(=O)CCCCCCCCC/C=C/CCCCCCCC. The molecule has 5 heteroatoms. The van der Waals surface area contributed by atoms with Crippen LogP contribution in [0, 0.1) is 0 Å². The van der Waals surface area contributed by atoms with Crippen molar-refractivity contribution < 1.29 is 24.2 Å². The second-order valence-corrected chi connectivity index (χ2v) is 14.1. The van der Waals surface area contributed by atoms with Crippen LogP contribution < -0.4 is 0 Å². The summed E-state index contributed by atoms with van der Waals surface area (Å²) in [7, 11) is 0. The topological polar surface area (TPSA) is 72.8 Å². The van der Waals surface area contributed by atoms with E-state index in [1.807, 2.05) is 0 Å². The molecule has 0 aromatic rings. The molecule has 0 unspecified atom stereocenters. The Hall–Kier alpha value is -1.62. The van der Waals surface area contributed by atoms with E-state index in [1.54, 1.807) is 0 Å². The van der Waals surface area contributed by atoms with E-state index in [2.05, 4.69) is 38.2 Å². The van der Waals surface area contributed by atoms with Crippen molar-refractivity contribution in [3.05, 3.63) is 24.3 Å². The molecule has 48 heavy (non-hydrogen) atoms. The highest BCUT2D eigenvalue weighted by molar-refractivity contribution is 5.69. The molecule has 0 heterocycles. The minimum atomic E-state index is -0.964. The summed E-state index contributed by atoms with van der Waals surface area (Å²) in [4.78, 5) is 24.0. The van der Waals surface area contributed by atoms with Crippen molar-refractivity contribution in [2.45, 2.75) is 225 Å². The Balaban J connectivity index is 3.42. The zero-order chi connectivity index (χ0) is 35.0. The molecule has 0 bridgehead atoms. The highest BCUT2D eigenvalue weighted by atomic mass is 16.6. The highest BCUT2D eigenvalue weighted by Gasteiger charge is 2.12. The summed E-state index contributed by atoms with van der Waals surface area (Å²) in [6.07, 6.45) is 46.6. The zero-order valence-electron chi connectivity index (χ0n) is 32.0. The molecule has 0 aromatic carbocycles. The lowest BCUT2D eigenvalue weighted by atomic mass is 10.1. The third-order valence-electron chi connectivity index (χ3n) is 9.16. The van der Waals surface area contributed by atoms with Gasteiger partial charge in [0.1, 0.15) is 19.3 Å². The molecule has 0 aromatic heterocycles. The normalized spacial score (nSPS) is 11.8. The summed E-state index contributed by atoms with van der Waals surface area (Å²) >= 11 is 0. The van der Waals surface area contributed by atoms with Crippen LogP contribution in [-0.2, 0) is 19.1 Å². The summed E-state index contributed by atoms with van der Waals surface area (Å²) in [6, 6.07) is 0. The summed E-state index contributed by atoms with van der Waals surface area (Å²) < 4.78 is 10.3. The molecule has 0 spiro atoms. The van der Waals surface area contributed by atoms with Gasteiger partial charge in [-0.05, 0) is 64.2 Å². The molecule has 0 saturated heterocycles. The first-order chi connectivity index (χ1) is 23.6. The van der Waals surface area contributed by atoms with Gasteiger partial charge in [-0.2, -0.15) is 0 Å². The predicted octanol–water partition coefficient (Wildman–Crippen LogP) is 13.1. The molecule has 0 fully saturated rings. The van der Waals surface area contributed by atoms with Crippen molar-refractivity contribution in [2.75, 3.05) is 13.2 Å². The second-order valence-electron chi connectivity index (χ2n) is 14.1. The van der Waals surface area contributed by atoms with Gasteiger partial charge < -0.3 is 14.6 Å². The van der Waals surface area contributed by atoms with Gasteiger partial charge in [-0.3, -0.25) is 9.59 Å². The molecular formula is C43H80O5. The Morgan fingerprint density at radius 1 is 0.417 bits per heavy atom. The lowest BCUT2D eigenvalue weighted by molar-refractivity contribution is -0.152. The van der Waals surface area contributed by atoms with Crippen LogP contribution in [0.2, 0.25) is 0 Å². The average Bonchev–Trinajstić information content (AvgIpc) is 3.09. The maximum Gasteiger partial charge on any atom is 0.305 e. The second kappa shape index (κ2) is 39.8. The molecule has 5 nitrogen and oxygen atoms in total. The van der Waals surface area contributed by atoms with Crippen molar-refractivity contribution in [1.82, 2.24) is 0 Å². The fourth-order valence-electron chi connectivity index (χ4n) is 5.96. The molecule has 0 atom stereocenters. The van der Waals surface area contributed by atoms with Crippen molar-refractivity contribution in [1.29, 1.82) is 0 Å². The van der Waals surface area contributed by atoms with Gasteiger partial charge >= 0.3 is 11.9 Å². The summed E-state index contributed by atoms with van der Waals surface area (Å²) in [6.45, 7) is 4.30. The highest BCUT2D eigenvalue weighted by Crippen LogP contribution is 2.13. The average molecular weight is 677 g/mol. The zero-order valence-corrected chi connectivity index (χ0v) is 32.0. The number of rotatable bonds is 38. The quantitative estimate of drug-likeness (QED) is 0.0400. The summed E-state index contributed by atoms with van der Waals surface area (Å²) in [5.41, 5.74) is 0. The Morgan fingerprint density at radius 2 is 0.667 bits per heavy atom. The van der Waals surface area contributed by atoms with Crippen LogP contribution in [0.4, 0.5) is 0 Å². The van der Waals surface area contributed by atoms with Crippen molar-refractivity contribution in [2.24, 2.45) is 0 Å². The number of aliphatic hydroxyl groups is 1. The van der Waals surface area contributed by atoms with Gasteiger partial charge in [0.15, 0.2) is 0 Å². The molecular weight excluding hydrogens is 596 g/mol. The third kappa shape index (κ3) is 38.8. The number of carbonyl (C=O) groups excluding carboxylic acids is 2. The van der Waals surface area contributed by atoms with Gasteiger partial charge in [-0.15, -0.1) is 0 Å². The molecule has 0 radical (unpaired) electrons. The number of hydrogen-bond donors (Lipinski definition) is 1. The van der Waals surface area contributed by atoms with Crippen LogP contribution in [0.1, 0.15) is 219 Å². The van der Waals surface area contributed by atoms with Crippen LogP contribution in [0.15, 0.2) is 24.3 Å². The number of carbonyl (C=O) groups is 2. The number of esters is 2. The van der Waals surface area contributed by atoms with E-state index in [1.165, 1.54) is 154 Å². The van der Waals surface area contributed by atoms with Crippen molar-refractivity contribution in [3.8, 4) is 0 Å². The Morgan fingerprint density at radius 3 is 0.958 bits per heavy atom. The van der Waals surface area contributed by atoms with Crippen molar-refractivity contribution in [3.63, 3.8) is 0 Å². The summed E-state index contributed by atoms with van der Waals surface area (Å²) in [5, 5.41) is 10.0. The van der Waals surface area contributed by atoms with Gasteiger partial charge in [-0.25, -0.2) is 0 Å². The number of allylic oxidation sites excluding steroid dienone is 4. The number of aliphatic hydroxyl groups excluding tert-OH is 1. The van der Waals surface area contributed by atoms with Crippen LogP contribution in [0.3, 0.4) is 0 Å². The maximum absolute atomic E-state index is 12.0. The molecule has 0 aliphatic rings. The smallest absolute Gasteiger partial charge is 0.305 e. The lowest BCUT2D eigenvalue weighted by Crippen LogP contribution is -2.25. The van der Waals surface area contributed by atoms with E-state index >= 15 is 0 Å². The number of unbranched alkanes of at least 4 members (excludes halogenated alkanes) is 26. The molecule has 0 saturated carbocycles. The van der Waals surface area contributed by atoms with Crippen LogP contribution in [0.5, 0.6) is 0 Å². The monoisotopic (exact) mass is 677 g/mol. The Kier molecular flexibility index (Phi) is 38.5. The number of hydrogen-bond acceptors (Lipinski definition) is 5. The molecule has 0 rings (SSSR count). The molecule has 0 aliphatic carbocycles. The van der Waals surface area contributed by atoms with E-state index in [9.17, 15) is 14.7 Å². The van der Waals surface area contributed by atoms with E-state index in [4.69, 9.17) is 9.47 Å². The first-order valence-corrected chi connectivity index (χ1v) is 20.9. The van der Waals surface area contributed by atoms with E-state index < -0.39 is 6.10 Å². The minimum absolute atomic E-state index is 0.117. The van der Waals surface area contributed by atoms with Crippen LogP contribution in [-0.4, -0.2) is 36.4 Å². The van der Waals surface area contributed by atoms with Crippen LogP contribution in [0.25, 0.3) is 0 Å². The molecule has 0 amide bonds. The molecule has 1 N–H and O–H groups in total. The van der Waals surface area contributed by atoms with Gasteiger partial charge in [0, 0.05) is 12.8 Å². The lowest BCUT2D eigenvalue weighted by Gasteiger charge is -2.12. The first-order valence-electron chi connectivity index (χ1n) is 20.9. The van der Waals surface area contributed by atoms with E-state index in [0.29, 0.717) is 12.8 Å². The minimum Gasteiger partial charge on any atom is -0.463 e. The fourth-order valence-corrected chi connectivity index (χ4v) is 5.96. The van der Waals surface area contributed by atoms with Gasteiger partial charge in [0.05, 0.1) is 0 Å². The fraction of sp³-hybridized carbons (Fsp3) is 0.860. The standard InChI is InChI=1S/C43H80O5/c1-3-5-7-9-11-13-15-17-19-21-23-25-27-29-31-33-35-37-42(45)47-39-41(44)40-48-43(46)38-36-34-32-30-28-26-24-22-20-18-16-14-12-10-8-6-4-2/h17-20,41,44H,3-16,21-40H2,1-2H3/b19-17+,20-18+. The Bertz CT molecular complexity index is 671. The number of ether oxygens (including phenoxy) is 2. The molecule has 0 aliphatic heterocycles. The van der Waals surface area contributed by atoms with Gasteiger partial charge in [-0.1, -0.05) is 167 Å². The molecule has 282 valence electrons. The summed E-state index contributed by atoms with van der Waals surface area (Å²) in [5.74, 6) is -0.568. The largest absolute Gasteiger partial charge is 0.463 e. The van der Waals surface area contributed by atoms with Gasteiger partial charge in [0.2, 0.25) is 0 Å². The van der Waals surface area contributed by atoms with Gasteiger partial charge in [0.25, 0.3) is 0 Å². The van der Waals surface area contributed by atoms with Crippen LogP contribution >= 0.6 is 0 Å². The predicted molar refractivity (Wildman–Crippen MR) is 205 cm³/mol. The maximum atomic E-state index is 12.0. The first kappa shape index (κ1) is 46.4. The van der Waals surface area contributed by atoms with Crippen molar-refractivity contribution >= 4 is 11.9 Å². The van der Waals surface area contributed by atoms with E-state index in [0.717, 1.165) is 38.5 Å².